The molecule has 9 heteroatoms. The third-order valence-corrected chi connectivity index (χ3v) is 6.62. The van der Waals surface area contributed by atoms with Crippen LogP contribution >= 0.6 is 0 Å². The van der Waals surface area contributed by atoms with Gasteiger partial charge in [-0.05, 0) is 48.9 Å². The van der Waals surface area contributed by atoms with Crippen LogP contribution < -0.4 is 10.1 Å². The summed E-state index contributed by atoms with van der Waals surface area (Å²) in [7, 11) is -3.85. The number of ether oxygens (including phenoxy) is 1. The fraction of sp³-hybridized carbons (Fsp3) is 0.130. The standard InChI is InChI=1S/C23H20FN3O4S/c1-2-31-21-13-19(8-9-20(21)24)32(29,30)18-6-3-16(4-7-18)14-26-23(28)17-5-10-22-25-11-12-27(22)15-17/h3-13,15H,2,14H2,1H3,(H,26,28). The van der Waals surface area contributed by atoms with E-state index < -0.39 is 15.7 Å². The van der Waals surface area contributed by atoms with Crippen molar-refractivity contribution >= 4 is 21.4 Å². The molecule has 164 valence electrons. The Hall–Kier alpha value is -3.72. The second-order valence-corrected chi connectivity index (χ2v) is 8.92. The average Bonchev–Trinajstić information content (AvgIpc) is 3.27. The number of carbonyl (C=O) groups is 1. The highest BCUT2D eigenvalue weighted by molar-refractivity contribution is 7.91. The Morgan fingerprint density at radius 3 is 2.59 bits per heavy atom. The number of imidazole rings is 1. The number of halogens is 1. The molecule has 2 heterocycles. The monoisotopic (exact) mass is 453 g/mol. The van der Waals surface area contributed by atoms with Crippen molar-refractivity contribution in [3.05, 3.63) is 90.1 Å². The van der Waals surface area contributed by atoms with Gasteiger partial charge in [0.2, 0.25) is 9.84 Å². The number of carbonyl (C=O) groups excluding carboxylic acids is 1. The summed E-state index contributed by atoms with van der Waals surface area (Å²) >= 11 is 0. The minimum absolute atomic E-state index is 0.0571. The number of benzene rings is 2. The number of hydrogen-bond donors (Lipinski definition) is 1. The molecule has 1 N–H and O–H groups in total. The molecule has 0 atom stereocenters. The molecule has 4 aromatic rings. The summed E-state index contributed by atoms with van der Waals surface area (Å²) in [4.78, 5) is 16.6. The first kappa shape index (κ1) is 21.5. The van der Waals surface area contributed by atoms with E-state index in [9.17, 15) is 17.6 Å². The molecule has 0 spiro atoms. The van der Waals surface area contributed by atoms with Gasteiger partial charge in [0, 0.05) is 31.2 Å². The molecule has 4 rings (SSSR count). The van der Waals surface area contributed by atoms with Crippen molar-refractivity contribution in [1.29, 1.82) is 0 Å². The van der Waals surface area contributed by atoms with Crippen LogP contribution in [0.4, 0.5) is 4.39 Å². The van der Waals surface area contributed by atoms with Gasteiger partial charge < -0.3 is 14.5 Å². The highest BCUT2D eigenvalue weighted by Gasteiger charge is 2.20. The van der Waals surface area contributed by atoms with Gasteiger partial charge in [-0.25, -0.2) is 17.8 Å². The van der Waals surface area contributed by atoms with Crippen LogP contribution in [0.2, 0.25) is 0 Å². The highest BCUT2D eigenvalue weighted by atomic mass is 32.2. The second-order valence-electron chi connectivity index (χ2n) is 6.97. The molecule has 0 saturated carbocycles. The summed E-state index contributed by atoms with van der Waals surface area (Å²) in [6.45, 7) is 2.14. The molecule has 32 heavy (non-hydrogen) atoms. The molecule has 0 bridgehead atoms. The van der Waals surface area contributed by atoms with Crippen LogP contribution in [0.15, 0.2) is 83.0 Å². The summed E-state index contributed by atoms with van der Waals surface area (Å²) < 4.78 is 46.5. The van der Waals surface area contributed by atoms with Crippen molar-refractivity contribution < 1.29 is 22.3 Å². The Morgan fingerprint density at radius 2 is 1.84 bits per heavy atom. The number of pyridine rings is 1. The van der Waals surface area contributed by atoms with Crippen molar-refractivity contribution in [3.63, 3.8) is 0 Å². The fourth-order valence-corrected chi connectivity index (χ4v) is 4.45. The predicted molar refractivity (Wildman–Crippen MR) is 116 cm³/mol. The van der Waals surface area contributed by atoms with E-state index in [1.54, 1.807) is 54.2 Å². The van der Waals surface area contributed by atoms with E-state index in [0.717, 1.165) is 17.3 Å². The van der Waals surface area contributed by atoms with Gasteiger partial charge >= 0.3 is 0 Å². The second kappa shape index (κ2) is 8.80. The summed E-state index contributed by atoms with van der Waals surface area (Å²) in [5, 5.41) is 2.81. The summed E-state index contributed by atoms with van der Waals surface area (Å²) in [5.41, 5.74) is 1.96. The largest absolute Gasteiger partial charge is 0.491 e. The normalized spacial score (nSPS) is 11.4. The molecule has 0 saturated heterocycles. The summed E-state index contributed by atoms with van der Waals surface area (Å²) in [6.07, 6.45) is 5.09. The Kier molecular flexibility index (Phi) is 5.91. The number of fused-ring (bicyclic) bond motifs is 1. The maximum atomic E-state index is 13.8. The summed E-state index contributed by atoms with van der Waals surface area (Å²) in [5.74, 6) is -0.988. The molecule has 7 nitrogen and oxygen atoms in total. The Balaban J connectivity index is 1.46. The van der Waals surface area contributed by atoms with Gasteiger partial charge in [0.05, 0.1) is 22.0 Å². The molecule has 0 fully saturated rings. The van der Waals surface area contributed by atoms with Crippen LogP contribution in [0.5, 0.6) is 5.75 Å². The van der Waals surface area contributed by atoms with Crippen LogP contribution in [-0.4, -0.2) is 30.3 Å². The molecule has 0 aliphatic rings. The van der Waals surface area contributed by atoms with Crippen molar-refractivity contribution in [2.45, 2.75) is 23.3 Å². The third kappa shape index (κ3) is 4.33. The van der Waals surface area contributed by atoms with Gasteiger partial charge in [0.25, 0.3) is 5.91 Å². The molecule has 0 aliphatic carbocycles. The van der Waals surface area contributed by atoms with Gasteiger partial charge in [0.1, 0.15) is 5.65 Å². The van der Waals surface area contributed by atoms with Crippen LogP contribution in [0.3, 0.4) is 0 Å². The van der Waals surface area contributed by atoms with E-state index in [-0.39, 0.29) is 34.6 Å². The number of aromatic nitrogens is 2. The van der Waals surface area contributed by atoms with Gasteiger partial charge in [-0.3, -0.25) is 4.79 Å². The smallest absolute Gasteiger partial charge is 0.253 e. The van der Waals surface area contributed by atoms with Gasteiger partial charge in [0.15, 0.2) is 11.6 Å². The average molecular weight is 453 g/mol. The van der Waals surface area contributed by atoms with Gasteiger partial charge in [-0.2, -0.15) is 0 Å². The van der Waals surface area contributed by atoms with E-state index in [1.807, 2.05) is 0 Å². The fourth-order valence-electron chi connectivity index (χ4n) is 3.18. The Labute approximate surface area is 184 Å². The van der Waals surface area contributed by atoms with E-state index in [0.29, 0.717) is 5.56 Å². The molecule has 0 unspecified atom stereocenters. The van der Waals surface area contributed by atoms with Crippen LogP contribution in [-0.2, 0) is 16.4 Å². The summed E-state index contributed by atoms with van der Waals surface area (Å²) in [6, 6.07) is 13.1. The van der Waals surface area contributed by atoms with E-state index in [2.05, 4.69) is 10.3 Å². The zero-order valence-electron chi connectivity index (χ0n) is 17.2. The minimum atomic E-state index is -3.85. The topological polar surface area (TPSA) is 89.8 Å². The van der Waals surface area contributed by atoms with Crippen LogP contribution in [0.25, 0.3) is 5.65 Å². The molecular formula is C23H20FN3O4S. The predicted octanol–water partition coefficient (Wildman–Crippen LogP) is 3.63. The van der Waals surface area contributed by atoms with Crippen molar-refractivity contribution in [3.8, 4) is 5.75 Å². The molecule has 2 aromatic heterocycles. The maximum Gasteiger partial charge on any atom is 0.253 e. The first-order chi connectivity index (χ1) is 15.4. The molecule has 2 aromatic carbocycles. The van der Waals surface area contributed by atoms with E-state index in [1.165, 1.54) is 24.3 Å². The third-order valence-electron chi connectivity index (χ3n) is 4.85. The lowest BCUT2D eigenvalue weighted by Crippen LogP contribution is -2.23. The van der Waals surface area contributed by atoms with E-state index >= 15 is 0 Å². The zero-order chi connectivity index (χ0) is 22.7. The lowest BCUT2D eigenvalue weighted by molar-refractivity contribution is 0.0950. The molecule has 0 aliphatic heterocycles. The lowest BCUT2D eigenvalue weighted by atomic mass is 10.2. The maximum absolute atomic E-state index is 13.8. The van der Waals surface area contributed by atoms with Crippen molar-refractivity contribution in [2.24, 2.45) is 0 Å². The van der Waals surface area contributed by atoms with Crippen molar-refractivity contribution in [2.75, 3.05) is 6.61 Å². The number of sulfone groups is 1. The SMILES string of the molecule is CCOc1cc(S(=O)(=O)c2ccc(CNC(=O)c3ccc4nccn4c3)cc2)ccc1F. The zero-order valence-corrected chi connectivity index (χ0v) is 18.0. The molecular weight excluding hydrogens is 433 g/mol. The van der Waals surface area contributed by atoms with Gasteiger partial charge in [-0.15, -0.1) is 0 Å². The van der Waals surface area contributed by atoms with Gasteiger partial charge in [-0.1, -0.05) is 12.1 Å². The Morgan fingerprint density at radius 1 is 1.09 bits per heavy atom. The number of rotatable bonds is 7. The first-order valence-electron chi connectivity index (χ1n) is 9.86. The van der Waals surface area contributed by atoms with Crippen molar-refractivity contribution in [1.82, 2.24) is 14.7 Å². The van der Waals surface area contributed by atoms with Crippen LogP contribution in [0, 0.1) is 5.82 Å². The highest BCUT2D eigenvalue weighted by Crippen LogP contribution is 2.27. The quantitative estimate of drug-likeness (QED) is 0.432. The van der Waals surface area contributed by atoms with E-state index in [4.69, 9.17) is 4.74 Å². The minimum Gasteiger partial charge on any atom is -0.491 e. The number of hydrogen-bond acceptors (Lipinski definition) is 5. The number of nitrogens with one attached hydrogen (secondary N) is 1. The molecule has 1 amide bonds. The molecule has 0 radical (unpaired) electrons. The lowest BCUT2D eigenvalue weighted by Gasteiger charge is -2.10. The Bertz CT molecular complexity index is 1380. The van der Waals surface area contributed by atoms with Crippen LogP contribution in [0.1, 0.15) is 22.8 Å². The first-order valence-corrected chi connectivity index (χ1v) is 11.3. The number of amides is 1. The number of nitrogens with zero attached hydrogens (tertiary/aromatic N) is 2.